The molecule has 0 saturated carbocycles. The lowest BCUT2D eigenvalue weighted by Gasteiger charge is -2.11. The SMILES string of the molecule is CCCNc1cn2ccnc2c(NCCCC(C)CO)n1. The van der Waals surface area contributed by atoms with Crippen LogP contribution in [0.4, 0.5) is 11.6 Å². The van der Waals surface area contributed by atoms with Crippen molar-refractivity contribution in [1.29, 1.82) is 0 Å². The molecule has 0 amide bonds. The maximum Gasteiger partial charge on any atom is 0.180 e. The van der Waals surface area contributed by atoms with Gasteiger partial charge in [-0.25, -0.2) is 9.97 Å². The van der Waals surface area contributed by atoms with Crippen LogP contribution in [0.5, 0.6) is 0 Å². The first-order valence-electron chi connectivity index (χ1n) is 7.67. The Morgan fingerprint density at radius 3 is 2.95 bits per heavy atom. The summed E-state index contributed by atoms with van der Waals surface area (Å²) >= 11 is 0. The number of anilines is 2. The first-order valence-corrected chi connectivity index (χ1v) is 7.67. The number of aliphatic hydroxyl groups excluding tert-OH is 1. The van der Waals surface area contributed by atoms with Gasteiger partial charge in [0.1, 0.15) is 5.82 Å². The lowest BCUT2D eigenvalue weighted by atomic mass is 10.1. The van der Waals surface area contributed by atoms with Gasteiger partial charge in [0.2, 0.25) is 0 Å². The van der Waals surface area contributed by atoms with Gasteiger partial charge >= 0.3 is 0 Å². The van der Waals surface area contributed by atoms with Crippen molar-refractivity contribution >= 4 is 17.3 Å². The average molecular weight is 291 g/mol. The molecule has 0 radical (unpaired) electrons. The highest BCUT2D eigenvalue weighted by Gasteiger charge is 2.07. The van der Waals surface area contributed by atoms with Crippen LogP contribution in [0.1, 0.15) is 33.1 Å². The molecule has 0 spiro atoms. The number of aromatic nitrogens is 3. The van der Waals surface area contributed by atoms with Crippen LogP contribution in [0.3, 0.4) is 0 Å². The lowest BCUT2D eigenvalue weighted by Crippen LogP contribution is -2.10. The van der Waals surface area contributed by atoms with Crippen molar-refractivity contribution in [2.45, 2.75) is 33.1 Å². The number of rotatable bonds is 9. The van der Waals surface area contributed by atoms with Crippen molar-refractivity contribution in [3.8, 4) is 0 Å². The van der Waals surface area contributed by atoms with Crippen LogP contribution in [0.2, 0.25) is 0 Å². The molecule has 2 aromatic rings. The molecule has 21 heavy (non-hydrogen) atoms. The molecule has 0 aromatic carbocycles. The van der Waals surface area contributed by atoms with Gasteiger partial charge in [-0.15, -0.1) is 0 Å². The Labute approximate surface area is 125 Å². The van der Waals surface area contributed by atoms with Gasteiger partial charge < -0.3 is 20.1 Å². The van der Waals surface area contributed by atoms with Gasteiger partial charge in [0.05, 0.1) is 6.20 Å². The Morgan fingerprint density at radius 2 is 2.19 bits per heavy atom. The maximum atomic E-state index is 9.03. The largest absolute Gasteiger partial charge is 0.396 e. The Kier molecular flexibility index (Phi) is 5.80. The van der Waals surface area contributed by atoms with Gasteiger partial charge in [-0.3, -0.25) is 0 Å². The van der Waals surface area contributed by atoms with Crippen LogP contribution in [-0.2, 0) is 0 Å². The van der Waals surface area contributed by atoms with E-state index < -0.39 is 0 Å². The first-order chi connectivity index (χ1) is 10.2. The van der Waals surface area contributed by atoms with Crippen LogP contribution < -0.4 is 10.6 Å². The van der Waals surface area contributed by atoms with Crippen molar-refractivity contribution in [3.05, 3.63) is 18.6 Å². The summed E-state index contributed by atoms with van der Waals surface area (Å²) in [5.74, 6) is 2.01. The minimum Gasteiger partial charge on any atom is -0.396 e. The van der Waals surface area contributed by atoms with E-state index in [0.29, 0.717) is 5.92 Å². The second-order valence-electron chi connectivity index (χ2n) is 5.42. The predicted molar refractivity (Wildman–Crippen MR) is 85.7 cm³/mol. The molecule has 3 N–H and O–H groups in total. The molecular weight excluding hydrogens is 266 g/mol. The van der Waals surface area contributed by atoms with Crippen LogP contribution >= 0.6 is 0 Å². The van der Waals surface area contributed by atoms with Crippen molar-refractivity contribution < 1.29 is 5.11 Å². The summed E-state index contributed by atoms with van der Waals surface area (Å²) in [5.41, 5.74) is 0.840. The molecular formula is C15H25N5O. The molecule has 2 aromatic heterocycles. The van der Waals surface area contributed by atoms with Crippen LogP contribution in [0, 0.1) is 5.92 Å². The fraction of sp³-hybridized carbons (Fsp3) is 0.600. The van der Waals surface area contributed by atoms with Crippen LogP contribution in [0.15, 0.2) is 18.6 Å². The van der Waals surface area contributed by atoms with Gasteiger partial charge in [0, 0.05) is 32.1 Å². The van der Waals surface area contributed by atoms with E-state index in [4.69, 9.17) is 5.11 Å². The van der Waals surface area contributed by atoms with Crippen molar-refractivity contribution in [3.63, 3.8) is 0 Å². The van der Waals surface area contributed by atoms with Crippen molar-refractivity contribution in [2.24, 2.45) is 5.92 Å². The number of hydrogen-bond acceptors (Lipinski definition) is 5. The van der Waals surface area contributed by atoms with Crippen molar-refractivity contribution in [1.82, 2.24) is 14.4 Å². The molecule has 2 heterocycles. The quantitative estimate of drug-likeness (QED) is 0.619. The summed E-state index contributed by atoms with van der Waals surface area (Å²) in [5, 5.41) is 15.7. The number of nitrogens with one attached hydrogen (secondary N) is 2. The minimum atomic E-state index is 0.249. The number of aliphatic hydroxyl groups is 1. The van der Waals surface area contributed by atoms with Gasteiger partial charge in [0.15, 0.2) is 11.5 Å². The molecule has 6 nitrogen and oxygen atoms in total. The molecule has 0 aliphatic rings. The van der Waals surface area contributed by atoms with E-state index in [1.807, 2.05) is 16.8 Å². The highest BCUT2D eigenvalue weighted by atomic mass is 16.3. The molecule has 0 bridgehead atoms. The minimum absolute atomic E-state index is 0.249. The van der Waals surface area contributed by atoms with Gasteiger partial charge in [-0.1, -0.05) is 13.8 Å². The zero-order valence-corrected chi connectivity index (χ0v) is 12.8. The molecule has 0 aliphatic heterocycles. The van der Waals surface area contributed by atoms with E-state index in [2.05, 4.69) is 34.4 Å². The number of imidazole rings is 1. The maximum absolute atomic E-state index is 9.03. The van der Waals surface area contributed by atoms with E-state index in [1.54, 1.807) is 6.20 Å². The van der Waals surface area contributed by atoms with Crippen LogP contribution in [-0.4, -0.2) is 39.2 Å². The molecule has 0 aliphatic carbocycles. The molecule has 2 rings (SSSR count). The van der Waals surface area contributed by atoms with Gasteiger partial charge in [0.25, 0.3) is 0 Å². The second-order valence-corrected chi connectivity index (χ2v) is 5.42. The summed E-state index contributed by atoms with van der Waals surface area (Å²) in [6, 6.07) is 0. The molecule has 1 atom stereocenters. The van der Waals surface area contributed by atoms with E-state index in [0.717, 1.165) is 49.6 Å². The summed E-state index contributed by atoms with van der Waals surface area (Å²) in [6.07, 6.45) is 8.72. The number of hydrogen-bond donors (Lipinski definition) is 3. The Morgan fingerprint density at radius 1 is 1.33 bits per heavy atom. The zero-order valence-electron chi connectivity index (χ0n) is 12.8. The summed E-state index contributed by atoms with van der Waals surface area (Å²) in [4.78, 5) is 8.93. The summed E-state index contributed by atoms with van der Waals surface area (Å²) in [6.45, 7) is 6.17. The topological polar surface area (TPSA) is 74.5 Å². The molecule has 1 unspecified atom stereocenters. The smallest absolute Gasteiger partial charge is 0.180 e. The normalized spacial score (nSPS) is 12.5. The number of fused-ring (bicyclic) bond motifs is 1. The molecule has 0 saturated heterocycles. The van der Waals surface area contributed by atoms with Crippen LogP contribution in [0.25, 0.3) is 5.65 Å². The van der Waals surface area contributed by atoms with Gasteiger partial charge in [-0.2, -0.15) is 0 Å². The van der Waals surface area contributed by atoms with E-state index in [-0.39, 0.29) is 6.61 Å². The zero-order chi connectivity index (χ0) is 15.1. The Hall–Kier alpha value is -1.82. The lowest BCUT2D eigenvalue weighted by molar-refractivity contribution is 0.229. The monoisotopic (exact) mass is 291 g/mol. The second kappa shape index (κ2) is 7.83. The third-order valence-corrected chi connectivity index (χ3v) is 3.41. The van der Waals surface area contributed by atoms with E-state index >= 15 is 0 Å². The summed E-state index contributed by atoms with van der Waals surface area (Å²) < 4.78 is 1.98. The van der Waals surface area contributed by atoms with Gasteiger partial charge in [-0.05, 0) is 25.2 Å². The highest BCUT2D eigenvalue weighted by Crippen LogP contribution is 2.16. The Balaban J connectivity index is 2.01. The first kappa shape index (κ1) is 15.6. The Bertz CT molecular complexity index is 554. The average Bonchev–Trinajstić information content (AvgIpc) is 2.97. The third kappa shape index (κ3) is 4.32. The highest BCUT2D eigenvalue weighted by molar-refractivity contribution is 5.65. The third-order valence-electron chi connectivity index (χ3n) is 3.41. The predicted octanol–water partition coefficient (Wildman–Crippen LogP) is 2.37. The standard InChI is InChI=1S/C15H25N5O/c1-3-6-16-13-10-20-9-8-18-15(20)14(19-13)17-7-4-5-12(2)11-21/h8-10,12,16,21H,3-7,11H2,1-2H3,(H,17,19). The fourth-order valence-electron chi connectivity index (χ4n) is 2.14. The van der Waals surface area contributed by atoms with E-state index in [1.165, 1.54) is 0 Å². The van der Waals surface area contributed by atoms with Crippen molar-refractivity contribution in [2.75, 3.05) is 30.3 Å². The molecule has 0 fully saturated rings. The van der Waals surface area contributed by atoms with E-state index in [9.17, 15) is 0 Å². The summed E-state index contributed by atoms with van der Waals surface area (Å²) in [7, 11) is 0. The molecule has 116 valence electrons. The number of nitrogens with zero attached hydrogens (tertiary/aromatic N) is 3. The molecule has 6 heteroatoms. The fourth-order valence-corrected chi connectivity index (χ4v) is 2.14.